The number of pyridine rings is 1. The largest absolute Gasteiger partial charge is 0.493 e. The molecule has 1 fully saturated rings. The minimum atomic E-state index is 0.500. The summed E-state index contributed by atoms with van der Waals surface area (Å²) in [5.74, 6) is 3.58. The van der Waals surface area contributed by atoms with Gasteiger partial charge in [0.05, 0.1) is 40.3 Å². The van der Waals surface area contributed by atoms with Crippen molar-refractivity contribution in [2.45, 2.75) is 6.42 Å². The minimum absolute atomic E-state index is 0.500. The predicted molar refractivity (Wildman–Crippen MR) is 146 cm³/mol. The predicted octanol–water partition coefficient (Wildman–Crippen LogP) is 4.48. The van der Waals surface area contributed by atoms with E-state index in [1.54, 1.807) is 20.4 Å². The van der Waals surface area contributed by atoms with Crippen molar-refractivity contribution >= 4 is 28.8 Å². The number of aromatic nitrogens is 2. The first kappa shape index (κ1) is 24.5. The highest BCUT2D eigenvalue weighted by atomic mass is 16.5. The summed E-state index contributed by atoms with van der Waals surface area (Å²) in [6.45, 7) is 3.40. The average molecular weight is 502 g/mol. The third-order valence-corrected chi connectivity index (χ3v) is 6.23. The maximum atomic E-state index is 6.16. The fraction of sp³-hybridized carbons (Fsp3) is 0.286. The highest BCUT2D eigenvalue weighted by Crippen LogP contribution is 2.28. The van der Waals surface area contributed by atoms with Crippen LogP contribution in [0.1, 0.15) is 11.1 Å². The van der Waals surface area contributed by atoms with Crippen LogP contribution in [0, 0.1) is 0 Å². The lowest BCUT2D eigenvalue weighted by Crippen LogP contribution is -2.36. The van der Waals surface area contributed by atoms with E-state index in [1.807, 2.05) is 54.7 Å². The summed E-state index contributed by atoms with van der Waals surface area (Å²) in [5.41, 5.74) is 6.25. The first-order valence-electron chi connectivity index (χ1n) is 12.3. The smallest absolute Gasteiger partial charge is 0.160 e. The number of morpholine rings is 1. The quantitative estimate of drug-likeness (QED) is 0.244. The highest BCUT2D eigenvalue weighted by molar-refractivity contribution is 5.99. The van der Waals surface area contributed by atoms with E-state index in [2.05, 4.69) is 26.5 Å². The van der Waals surface area contributed by atoms with Crippen LogP contribution in [0.3, 0.4) is 0 Å². The van der Waals surface area contributed by atoms with E-state index in [0.717, 1.165) is 53.1 Å². The van der Waals surface area contributed by atoms with Gasteiger partial charge in [-0.2, -0.15) is 5.10 Å². The van der Waals surface area contributed by atoms with Gasteiger partial charge in [-0.05, 0) is 23.8 Å². The molecule has 1 saturated heterocycles. The van der Waals surface area contributed by atoms with Gasteiger partial charge in [-0.25, -0.2) is 4.98 Å². The van der Waals surface area contributed by atoms with Crippen LogP contribution in [-0.4, -0.2) is 63.3 Å². The fourth-order valence-corrected chi connectivity index (χ4v) is 4.28. The molecule has 2 aromatic carbocycles. The van der Waals surface area contributed by atoms with E-state index in [0.29, 0.717) is 37.1 Å². The van der Waals surface area contributed by atoms with Crippen molar-refractivity contribution < 1.29 is 18.9 Å². The van der Waals surface area contributed by atoms with Crippen LogP contribution < -0.4 is 24.5 Å². The number of fused-ring (bicyclic) bond motifs is 1. The number of benzene rings is 2. The molecule has 0 amide bonds. The van der Waals surface area contributed by atoms with Crippen LogP contribution in [0.25, 0.3) is 10.9 Å². The van der Waals surface area contributed by atoms with Gasteiger partial charge in [-0.1, -0.05) is 24.3 Å². The van der Waals surface area contributed by atoms with Crippen molar-refractivity contribution in [2.75, 3.05) is 57.5 Å². The molecule has 37 heavy (non-hydrogen) atoms. The van der Waals surface area contributed by atoms with E-state index in [9.17, 15) is 0 Å². The standard InChI is InChI=1S/C28H31N5O4/c1-34-25-8-7-20(15-26(25)35-2)9-12-37-22-16-27(31-28(17-22)33-10-13-36-14-11-33)32-30-19-21-18-29-24-6-4-3-5-23(21)24/h3-8,15-19,29H,9-14H2,1-2H3,(H,31,32)/b30-19+. The Kier molecular flexibility index (Phi) is 7.71. The molecule has 1 aliphatic heterocycles. The number of anilines is 2. The lowest BCUT2D eigenvalue weighted by molar-refractivity contribution is 0.122. The van der Waals surface area contributed by atoms with E-state index >= 15 is 0 Å². The summed E-state index contributed by atoms with van der Waals surface area (Å²) < 4.78 is 22.4. The molecule has 192 valence electrons. The van der Waals surface area contributed by atoms with E-state index in [4.69, 9.17) is 23.9 Å². The van der Waals surface area contributed by atoms with Gasteiger partial charge in [0, 0.05) is 54.3 Å². The number of rotatable bonds is 10. The Morgan fingerprint density at radius 1 is 1.05 bits per heavy atom. The zero-order chi connectivity index (χ0) is 25.5. The van der Waals surface area contributed by atoms with Gasteiger partial charge in [-0.15, -0.1) is 0 Å². The Morgan fingerprint density at radius 2 is 1.89 bits per heavy atom. The molecule has 5 rings (SSSR count). The van der Waals surface area contributed by atoms with E-state index in [-0.39, 0.29) is 0 Å². The number of methoxy groups -OCH3 is 2. The third kappa shape index (κ3) is 5.95. The topological polar surface area (TPSA) is 93.2 Å². The van der Waals surface area contributed by atoms with Gasteiger partial charge in [0.15, 0.2) is 17.3 Å². The second-order valence-corrected chi connectivity index (χ2v) is 8.59. The molecule has 0 bridgehead atoms. The molecule has 4 aromatic rings. The van der Waals surface area contributed by atoms with Crippen molar-refractivity contribution in [3.8, 4) is 17.2 Å². The second kappa shape index (κ2) is 11.7. The van der Waals surface area contributed by atoms with Crippen molar-refractivity contribution in [1.82, 2.24) is 9.97 Å². The van der Waals surface area contributed by atoms with Crippen molar-refractivity contribution in [1.29, 1.82) is 0 Å². The minimum Gasteiger partial charge on any atom is -0.493 e. The number of ether oxygens (including phenoxy) is 4. The van der Waals surface area contributed by atoms with Gasteiger partial charge in [0.1, 0.15) is 11.6 Å². The van der Waals surface area contributed by atoms with Crippen LogP contribution >= 0.6 is 0 Å². The second-order valence-electron chi connectivity index (χ2n) is 8.59. The molecule has 0 unspecified atom stereocenters. The molecule has 0 spiro atoms. The van der Waals surface area contributed by atoms with Crippen LogP contribution in [-0.2, 0) is 11.2 Å². The molecule has 2 aromatic heterocycles. The Morgan fingerprint density at radius 3 is 2.73 bits per heavy atom. The molecular weight excluding hydrogens is 470 g/mol. The van der Waals surface area contributed by atoms with Gasteiger partial charge in [0.25, 0.3) is 0 Å². The average Bonchev–Trinajstić information content (AvgIpc) is 3.36. The van der Waals surface area contributed by atoms with E-state index < -0.39 is 0 Å². The molecule has 0 radical (unpaired) electrons. The van der Waals surface area contributed by atoms with Gasteiger partial charge in [0.2, 0.25) is 0 Å². The summed E-state index contributed by atoms with van der Waals surface area (Å²) in [7, 11) is 3.27. The number of aromatic amines is 1. The van der Waals surface area contributed by atoms with Crippen molar-refractivity contribution in [3.05, 3.63) is 71.9 Å². The molecule has 2 N–H and O–H groups in total. The zero-order valence-electron chi connectivity index (χ0n) is 21.1. The Hall–Kier alpha value is -4.24. The van der Waals surface area contributed by atoms with Crippen LogP contribution in [0.15, 0.2) is 65.9 Å². The SMILES string of the molecule is COc1ccc(CCOc2cc(N/N=C/c3c[nH]c4ccccc34)nc(N3CCOCC3)c2)cc1OC. The molecule has 0 atom stereocenters. The molecule has 9 nitrogen and oxygen atoms in total. The summed E-state index contributed by atoms with van der Waals surface area (Å²) in [6, 6.07) is 17.9. The number of hydrogen-bond acceptors (Lipinski definition) is 8. The number of H-pyrrole nitrogens is 1. The maximum Gasteiger partial charge on any atom is 0.160 e. The Bertz CT molecular complexity index is 1360. The number of para-hydroxylation sites is 1. The monoisotopic (exact) mass is 501 g/mol. The van der Waals surface area contributed by atoms with Gasteiger partial charge >= 0.3 is 0 Å². The van der Waals surface area contributed by atoms with Crippen LogP contribution in [0.4, 0.5) is 11.6 Å². The highest BCUT2D eigenvalue weighted by Gasteiger charge is 2.15. The van der Waals surface area contributed by atoms with E-state index in [1.165, 1.54) is 0 Å². The molecule has 1 aliphatic rings. The number of nitrogens with one attached hydrogen (secondary N) is 2. The lowest BCUT2D eigenvalue weighted by atomic mass is 10.1. The van der Waals surface area contributed by atoms with Crippen molar-refractivity contribution in [3.63, 3.8) is 0 Å². The van der Waals surface area contributed by atoms with Crippen LogP contribution in [0.5, 0.6) is 17.2 Å². The number of nitrogens with zero attached hydrogens (tertiary/aromatic N) is 3. The molecule has 9 heteroatoms. The molecule has 3 heterocycles. The fourth-order valence-electron chi connectivity index (χ4n) is 4.28. The van der Waals surface area contributed by atoms with Gasteiger partial charge < -0.3 is 28.8 Å². The Labute approximate surface area is 216 Å². The zero-order valence-corrected chi connectivity index (χ0v) is 21.1. The first-order valence-corrected chi connectivity index (χ1v) is 12.3. The lowest BCUT2D eigenvalue weighted by Gasteiger charge is -2.28. The summed E-state index contributed by atoms with van der Waals surface area (Å²) in [5, 5.41) is 5.56. The van der Waals surface area contributed by atoms with Crippen molar-refractivity contribution in [2.24, 2.45) is 5.10 Å². The number of hydrogen-bond donors (Lipinski definition) is 2. The summed E-state index contributed by atoms with van der Waals surface area (Å²) in [4.78, 5) is 10.2. The molecule has 0 saturated carbocycles. The third-order valence-electron chi connectivity index (χ3n) is 6.23. The molecular formula is C28H31N5O4. The number of hydrazone groups is 1. The maximum absolute atomic E-state index is 6.16. The first-order chi connectivity index (χ1) is 18.2. The summed E-state index contributed by atoms with van der Waals surface area (Å²) in [6.07, 6.45) is 4.45. The normalized spacial score (nSPS) is 13.7. The van der Waals surface area contributed by atoms with Crippen LogP contribution in [0.2, 0.25) is 0 Å². The Balaban J connectivity index is 1.30. The van der Waals surface area contributed by atoms with Gasteiger partial charge in [-0.3, -0.25) is 5.43 Å². The molecule has 0 aliphatic carbocycles. The summed E-state index contributed by atoms with van der Waals surface area (Å²) >= 11 is 0.